The largest absolute Gasteiger partial charge is 0.497 e. The van der Waals surface area contributed by atoms with E-state index in [9.17, 15) is 14.4 Å². The van der Waals surface area contributed by atoms with Gasteiger partial charge >= 0.3 is 5.69 Å². The molecule has 0 atom stereocenters. The summed E-state index contributed by atoms with van der Waals surface area (Å²) >= 11 is 1.28. The zero-order chi connectivity index (χ0) is 19.4. The first kappa shape index (κ1) is 18.9. The number of hydrogen-bond acceptors (Lipinski definition) is 5. The minimum Gasteiger partial charge on any atom is -0.497 e. The summed E-state index contributed by atoms with van der Waals surface area (Å²) in [6, 6.07) is 9.08. The molecule has 1 amide bonds. The Morgan fingerprint density at radius 3 is 2.56 bits per heavy atom. The van der Waals surface area contributed by atoms with Crippen molar-refractivity contribution in [1.82, 2.24) is 14.5 Å². The van der Waals surface area contributed by atoms with Crippen LogP contribution >= 0.6 is 11.3 Å². The molecule has 142 valence electrons. The molecule has 0 unspecified atom stereocenters. The number of amides is 1. The SMILES string of the molecule is CCCn1c(=O)c2sccc2n(CC(=O)NCc2ccc(OC)cc2)c1=O. The van der Waals surface area contributed by atoms with E-state index in [4.69, 9.17) is 4.74 Å². The van der Waals surface area contributed by atoms with Crippen LogP contribution in [-0.4, -0.2) is 22.2 Å². The van der Waals surface area contributed by atoms with Crippen LogP contribution in [-0.2, 0) is 24.4 Å². The van der Waals surface area contributed by atoms with E-state index >= 15 is 0 Å². The number of methoxy groups -OCH3 is 1. The van der Waals surface area contributed by atoms with Gasteiger partial charge in [0.2, 0.25) is 5.91 Å². The number of carbonyl (C=O) groups is 1. The Bertz CT molecular complexity index is 1060. The first-order valence-corrected chi connectivity index (χ1v) is 9.53. The Balaban J connectivity index is 1.81. The van der Waals surface area contributed by atoms with E-state index in [-0.39, 0.29) is 18.0 Å². The maximum Gasteiger partial charge on any atom is 0.332 e. The van der Waals surface area contributed by atoms with Crippen LogP contribution in [0.25, 0.3) is 10.2 Å². The summed E-state index contributed by atoms with van der Waals surface area (Å²) in [5.41, 5.74) is 0.684. The minimum absolute atomic E-state index is 0.133. The number of fused-ring (bicyclic) bond motifs is 1. The topological polar surface area (TPSA) is 82.3 Å². The number of ether oxygens (including phenoxy) is 1. The molecule has 1 N–H and O–H groups in total. The molecule has 2 aromatic heterocycles. The van der Waals surface area contributed by atoms with Crippen LogP contribution < -0.4 is 21.3 Å². The lowest BCUT2D eigenvalue weighted by Crippen LogP contribution is -2.42. The molecular weight excluding hydrogens is 366 g/mol. The van der Waals surface area contributed by atoms with Crippen molar-refractivity contribution in [3.8, 4) is 5.75 Å². The highest BCUT2D eigenvalue weighted by atomic mass is 32.1. The van der Waals surface area contributed by atoms with Crippen LogP contribution in [0.1, 0.15) is 18.9 Å². The summed E-state index contributed by atoms with van der Waals surface area (Å²) in [6.07, 6.45) is 0.662. The summed E-state index contributed by atoms with van der Waals surface area (Å²) in [4.78, 5) is 37.6. The van der Waals surface area contributed by atoms with Crippen molar-refractivity contribution < 1.29 is 9.53 Å². The van der Waals surface area contributed by atoms with Gasteiger partial charge < -0.3 is 10.1 Å². The van der Waals surface area contributed by atoms with Gasteiger partial charge in [0.15, 0.2) is 0 Å². The lowest BCUT2D eigenvalue weighted by Gasteiger charge is -2.12. The van der Waals surface area contributed by atoms with Gasteiger partial charge in [0.05, 0.1) is 12.6 Å². The normalized spacial score (nSPS) is 10.9. The van der Waals surface area contributed by atoms with Gasteiger partial charge in [0.25, 0.3) is 5.56 Å². The molecule has 8 heteroatoms. The summed E-state index contributed by atoms with van der Waals surface area (Å²) < 4.78 is 8.17. The van der Waals surface area contributed by atoms with Crippen LogP contribution in [0, 0.1) is 0 Å². The molecule has 2 heterocycles. The molecule has 27 heavy (non-hydrogen) atoms. The van der Waals surface area contributed by atoms with E-state index < -0.39 is 5.69 Å². The predicted octanol–water partition coefficient (Wildman–Crippen LogP) is 1.96. The molecule has 3 rings (SSSR count). The number of carbonyl (C=O) groups excluding carboxylic acids is 1. The molecule has 0 saturated carbocycles. The number of nitrogens with zero attached hydrogens (tertiary/aromatic N) is 2. The van der Waals surface area contributed by atoms with Crippen molar-refractivity contribution in [2.24, 2.45) is 0 Å². The van der Waals surface area contributed by atoms with Crippen LogP contribution in [0.15, 0.2) is 45.3 Å². The first-order chi connectivity index (χ1) is 13.0. The monoisotopic (exact) mass is 387 g/mol. The average Bonchev–Trinajstić information content (AvgIpc) is 3.17. The smallest absolute Gasteiger partial charge is 0.332 e. The van der Waals surface area contributed by atoms with Gasteiger partial charge in [-0.05, 0) is 35.6 Å². The zero-order valence-corrected chi connectivity index (χ0v) is 16.0. The summed E-state index contributed by atoms with van der Waals surface area (Å²) in [7, 11) is 1.59. The third-order valence-electron chi connectivity index (χ3n) is 4.23. The molecule has 0 aliphatic rings. The van der Waals surface area contributed by atoms with E-state index in [0.717, 1.165) is 11.3 Å². The van der Waals surface area contributed by atoms with Crippen molar-refractivity contribution >= 4 is 27.5 Å². The summed E-state index contributed by atoms with van der Waals surface area (Å²) in [6.45, 7) is 2.44. The minimum atomic E-state index is -0.452. The number of aromatic nitrogens is 2. The van der Waals surface area contributed by atoms with Crippen LogP contribution in [0.2, 0.25) is 0 Å². The molecule has 0 saturated heterocycles. The number of hydrogen-bond donors (Lipinski definition) is 1. The highest BCUT2D eigenvalue weighted by molar-refractivity contribution is 7.17. The zero-order valence-electron chi connectivity index (χ0n) is 15.2. The number of nitrogens with one attached hydrogen (secondary N) is 1. The first-order valence-electron chi connectivity index (χ1n) is 8.65. The van der Waals surface area contributed by atoms with Gasteiger partial charge in [0, 0.05) is 13.1 Å². The quantitative estimate of drug-likeness (QED) is 0.672. The molecule has 0 aliphatic heterocycles. The van der Waals surface area contributed by atoms with Gasteiger partial charge in [-0.1, -0.05) is 19.1 Å². The van der Waals surface area contributed by atoms with Crippen molar-refractivity contribution in [2.45, 2.75) is 33.0 Å². The van der Waals surface area contributed by atoms with E-state index in [0.29, 0.717) is 29.7 Å². The molecule has 0 aliphatic carbocycles. The summed E-state index contributed by atoms with van der Waals surface area (Å²) in [5.74, 6) is 0.455. The maximum atomic E-state index is 12.7. The van der Waals surface area contributed by atoms with Gasteiger partial charge in [0.1, 0.15) is 17.0 Å². The highest BCUT2D eigenvalue weighted by Gasteiger charge is 2.15. The molecule has 3 aromatic rings. The second-order valence-electron chi connectivity index (χ2n) is 6.09. The lowest BCUT2D eigenvalue weighted by atomic mass is 10.2. The molecule has 0 radical (unpaired) electrons. The highest BCUT2D eigenvalue weighted by Crippen LogP contribution is 2.15. The van der Waals surface area contributed by atoms with Gasteiger partial charge in [-0.2, -0.15) is 0 Å². The summed E-state index contributed by atoms with van der Waals surface area (Å²) in [5, 5.41) is 4.57. The second-order valence-corrected chi connectivity index (χ2v) is 7.00. The lowest BCUT2D eigenvalue weighted by molar-refractivity contribution is -0.121. The number of rotatable bonds is 7. The molecule has 0 spiro atoms. The maximum absolute atomic E-state index is 12.7. The molecule has 0 bridgehead atoms. The van der Waals surface area contributed by atoms with E-state index in [2.05, 4.69) is 5.32 Å². The van der Waals surface area contributed by atoms with E-state index in [1.807, 2.05) is 31.2 Å². The standard InChI is InChI=1S/C19H21N3O4S/c1-3-9-21-18(24)17-15(8-10-27-17)22(19(21)25)12-16(23)20-11-13-4-6-14(26-2)7-5-13/h4-8,10H,3,9,11-12H2,1-2H3,(H,20,23). The Morgan fingerprint density at radius 1 is 1.15 bits per heavy atom. The van der Waals surface area contributed by atoms with Crippen molar-refractivity contribution in [3.05, 3.63) is 62.1 Å². The number of benzene rings is 1. The van der Waals surface area contributed by atoms with E-state index in [1.54, 1.807) is 18.6 Å². The van der Waals surface area contributed by atoms with Crippen molar-refractivity contribution in [3.63, 3.8) is 0 Å². The molecule has 1 aromatic carbocycles. The van der Waals surface area contributed by atoms with Gasteiger partial charge in [-0.15, -0.1) is 11.3 Å². The Kier molecular flexibility index (Phi) is 5.75. The average molecular weight is 387 g/mol. The predicted molar refractivity (Wildman–Crippen MR) is 105 cm³/mol. The van der Waals surface area contributed by atoms with Crippen LogP contribution in [0.4, 0.5) is 0 Å². The van der Waals surface area contributed by atoms with Gasteiger partial charge in [-0.3, -0.25) is 18.7 Å². The third-order valence-corrected chi connectivity index (χ3v) is 5.13. The fourth-order valence-electron chi connectivity index (χ4n) is 2.85. The van der Waals surface area contributed by atoms with Crippen LogP contribution in [0.3, 0.4) is 0 Å². The second kappa shape index (κ2) is 8.22. The third kappa shape index (κ3) is 3.95. The molecule has 0 fully saturated rings. The fraction of sp³-hybridized carbons (Fsp3) is 0.316. The molecular formula is C19H21N3O4S. The van der Waals surface area contributed by atoms with Crippen molar-refractivity contribution in [1.29, 1.82) is 0 Å². The van der Waals surface area contributed by atoms with Crippen molar-refractivity contribution in [2.75, 3.05) is 7.11 Å². The fourth-order valence-corrected chi connectivity index (χ4v) is 3.69. The van der Waals surface area contributed by atoms with Gasteiger partial charge in [-0.25, -0.2) is 4.79 Å². The Hall–Kier alpha value is -2.87. The molecule has 7 nitrogen and oxygen atoms in total. The Morgan fingerprint density at radius 2 is 1.89 bits per heavy atom. The number of thiophene rings is 1. The Labute approximate surface area is 159 Å². The van der Waals surface area contributed by atoms with E-state index in [1.165, 1.54) is 20.5 Å². The van der Waals surface area contributed by atoms with Crippen LogP contribution in [0.5, 0.6) is 5.75 Å².